The number of hydrogen-bond donors (Lipinski definition) is 0. The molecule has 0 aliphatic heterocycles. The van der Waals surface area contributed by atoms with Crippen molar-refractivity contribution in [2.45, 2.75) is 20.3 Å². The molecule has 4 rings (SSSR count). The second-order valence-corrected chi connectivity index (χ2v) is 8.41. The molecule has 0 spiro atoms. The van der Waals surface area contributed by atoms with E-state index < -0.39 is 10.2 Å². The van der Waals surface area contributed by atoms with Gasteiger partial charge in [-0.15, -0.1) is 10.2 Å². The first-order valence-electron chi connectivity index (χ1n) is 10.5. The lowest BCUT2D eigenvalue weighted by molar-refractivity contribution is -2.00. The fraction of sp³-hybridized carbons (Fsp3) is 0.148. The number of ether oxygens (including phenoxy) is 1. The van der Waals surface area contributed by atoms with Crippen LogP contribution in [0.2, 0.25) is 0 Å². The number of halogens is 1. The molecule has 176 valence electrons. The van der Waals surface area contributed by atoms with Crippen LogP contribution < -0.4 is 23.4 Å². The van der Waals surface area contributed by atoms with Crippen LogP contribution >= 0.6 is 0 Å². The van der Waals surface area contributed by atoms with Gasteiger partial charge >= 0.3 is 12.0 Å². The molecule has 0 saturated heterocycles. The van der Waals surface area contributed by atoms with Crippen molar-refractivity contribution in [2.75, 3.05) is 7.11 Å². The van der Waals surface area contributed by atoms with Gasteiger partial charge < -0.3 is 4.74 Å². The fourth-order valence-electron chi connectivity index (χ4n) is 3.83. The summed E-state index contributed by atoms with van der Waals surface area (Å²) in [5.74, 6) is 1.79. The summed E-state index contributed by atoms with van der Waals surface area (Å²) < 4.78 is 45.5. The van der Waals surface area contributed by atoms with Crippen LogP contribution in [-0.2, 0) is 6.42 Å². The van der Waals surface area contributed by atoms with Gasteiger partial charge in [0.2, 0.25) is 0 Å². The molecule has 0 fully saturated rings. The molecule has 1 aromatic heterocycles. The molecule has 0 saturated carbocycles. The van der Waals surface area contributed by atoms with Gasteiger partial charge in [-0.2, -0.15) is 0 Å². The molecule has 0 radical (unpaired) electrons. The minimum atomic E-state index is -4.94. The summed E-state index contributed by atoms with van der Waals surface area (Å²) in [6, 6.07) is 27.2. The average molecular weight is 481 g/mol. The molecule has 0 unspecified atom stereocenters. The summed E-state index contributed by atoms with van der Waals surface area (Å²) in [4.78, 5) is 0. The third kappa shape index (κ3) is 6.87. The molecule has 7 heteroatoms. The van der Waals surface area contributed by atoms with Crippen molar-refractivity contribution in [3.8, 4) is 28.0 Å². The van der Waals surface area contributed by atoms with E-state index in [0.29, 0.717) is 6.42 Å². The van der Waals surface area contributed by atoms with Gasteiger partial charge in [-0.25, -0.2) is 23.1 Å². The van der Waals surface area contributed by atoms with Gasteiger partial charge in [0.1, 0.15) is 5.75 Å². The normalized spacial score (nSPS) is 10.9. The van der Waals surface area contributed by atoms with Crippen LogP contribution in [0.25, 0.3) is 22.3 Å². The monoisotopic (exact) mass is 480 g/mol. The van der Waals surface area contributed by atoms with Crippen molar-refractivity contribution in [1.82, 2.24) is 0 Å². The van der Waals surface area contributed by atoms with Crippen molar-refractivity contribution in [1.29, 1.82) is 0 Å². The molecule has 0 amide bonds. The highest BCUT2D eigenvalue weighted by atomic mass is 35.7. The van der Waals surface area contributed by atoms with E-state index in [1.54, 1.807) is 13.4 Å². The first-order valence-corrected chi connectivity index (χ1v) is 11.7. The summed E-state index contributed by atoms with van der Waals surface area (Å²) in [5, 5.41) is 0. The maximum absolute atomic E-state index is 8.49. The second kappa shape index (κ2) is 11.2. The van der Waals surface area contributed by atoms with E-state index in [9.17, 15) is 0 Å². The first kappa shape index (κ1) is 25.4. The summed E-state index contributed by atoms with van der Waals surface area (Å²) >= 11 is 0. The topological polar surface area (TPSA) is 113 Å². The Kier molecular flexibility index (Phi) is 8.39. The van der Waals surface area contributed by atoms with Crippen LogP contribution in [0.4, 0.5) is 0 Å². The molecule has 34 heavy (non-hydrogen) atoms. The Morgan fingerprint density at radius 3 is 1.59 bits per heavy atom. The summed E-state index contributed by atoms with van der Waals surface area (Å²) in [5.41, 5.74) is 8.51. The highest BCUT2D eigenvalue weighted by Gasteiger charge is 2.20. The molecule has 4 aromatic rings. The molecule has 6 nitrogen and oxygen atoms in total. The van der Waals surface area contributed by atoms with Crippen molar-refractivity contribution < 1.29 is 38.0 Å². The second-order valence-electron chi connectivity index (χ2n) is 7.66. The van der Waals surface area contributed by atoms with Crippen LogP contribution in [0, 0.1) is 24.1 Å². The standard InChI is InChI=1S/C27H25O2.ClHO4/c1-19-10-4-6-13-23(19)25-17-22(28-3)18-26(24-14-7-5-11-20(24)2)27(25)16-21-12-8-9-15-29-21;2-1(3,4)5/h4-15,17-18H,16H2,1-3H3;(H,2,3,4,5)/q+1;/p-1. The minimum absolute atomic E-state index is 0.707. The molecule has 3 aromatic carbocycles. The third-order valence-corrected chi connectivity index (χ3v) is 5.37. The van der Waals surface area contributed by atoms with E-state index in [1.807, 2.05) is 18.2 Å². The van der Waals surface area contributed by atoms with Crippen molar-refractivity contribution in [3.63, 3.8) is 0 Å². The number of benzene rings is 3. The Hall–Kier alpha value is -3.26. The molecule has 0 aliphatic carbocycles. The van der Waals surface area contributed by atoms with E-state index in [1.165, 1.54) is 38.9 Å². The van der Waals surface area contributed by atoms with Crippen LogP contribution in [0.3, 0.4) is 0 Å². The lowest BCUT2D eigenvalue weighted by Gasteiger charge is -2.18. The molecular weight excluding hydrogens is 456 g/mol. The Morgan fingerprint density at radius 1 is 0.706 bits per heavy atom. The van der Waals surface area contributed by atoms with Gasteiger partial charge in [0.05, 0.1) is 13.5 Å². The fourth-order valence-corrected chi connectivity index (χ4v) is 3.83. The lowest BCUT2D eigenvalue weighted by atomic mass is 9.86. The lowest BCUT2D eigenvalue weighted by Crippen LogP contribution is -2.68. The number of rotatable bonds is 5. The van der Waals surface area contributed by atoms with Crippen molar-refractivity contribution in [3.05, 3.63) is 108 Å². The Morgan fingerprint density at radius 2 is 1.18 bits per heavy atom. The molecule has 0 aliphatic rings. The van der Waals surface area contributed by atoms with Gasteiger partial charge in [0.25, 0.3) is 0 Å². The van der Waals surface area contributed by atoms with E-state index in [0.717, 1.165) is 11.5 Å². The van der Waals surface area contributed by atoms with Gasteiger partial charge in [-0.05, 0) is 71.0 Å². The molecule has 1 heterocycles. The molecule has 0 bridgehead atoms. The maximum atomic E-state index is 8.49. The highest BCUT2D eigenvalue weighted by molar-refractivity contribution is 5.83. The zero-order valence-electron chi connectivity index (χ0n) is 19.1. The largest absolute Gasteiger partial charge is 0.497 e. The summed E-state index contributed by atoms with van der Waals surface area (Å²) in [6.45, 7) is 4.30. The smallest absolute Gasteiger partial charge is 0.333 e. The number of aryl methyl sites for hydroxylation is 2. The van der Waals surface area contributed by atoms with Gasteiger partial charge in [0, 0.05) is 12.1 Å². The van der Waals surface area contributed by atoms with Gasteiger partial charge in [0.15, 0.2) is 0 Å². The van der Waals surface area contributed by atoms with E-state index in [4.69, 9.17) is 27.8 Å². The van der Waals surface area contributed by atoms with Gasteiger partial charge in [-0.3, -0.25) is 0 Å². The molecule has 0 atom stereocenters. The van der Waals surface area contributed by atoms with Crippen LogP contribution in [-0.4, -0.2) is 7.11 Å². The Labute approximate surface area is 201 Å². The van der Waals surface area contributed by atoms with Gasteiger partial charge in [-0.1, -0.05) is 48.5 Å². The SMILES string of the molecule is COc1cc(-c2ccccc2C)c(Cc2cccc[o+]2)c(-c2ccccc2C)c1.[O-][Cl+3]([O-])([O-])[O-]. The first-order chi connectivity index (χ1) is 16.2. The summed E-state index contributed by atoms with van der Waals surface area (Å²) in [7, 11) is -3.22. The zero-order valence-corrected chi connectivity index (χ0v) is 19.9. The summed E-state index contributed by atoms with van der Waals surface area (Å²) in [6.07, 6.45) is 2.44. The maximum Gasteiger partial charge on any atom is 0.333 e. The predicted octanol–water partition coefficient (Wildman–Crippen LogP) is 2.35. The van der Waals surface area contributed by atoms with E-state index >= 15 is 0 Å². The minimum Gasteiger partial charge on any atom is -0.497 e. The van der Waals surface area contributed by atoms with E-state index in [-0.39, 0.29) is 0 Å². The third-order valence-electron chi connectivity index (χ3n) is 5.37. The average Bonchev–Trinajstić information content (AvgIpc) is 2.80. The molecular formula is C27H25ClO6. The van der Waals surface area contributed by atoms with Crippen molar-refractivity contribution in [2.24, 2.45) is 0 Å². The molecule has 0 N–H and O–H groups in total. The van der Waals surface area contributed by atoms with Crippen LogP contribution in [0.5, 0.6) is 5.75 Å². The zero-order chi connectivity index (χ0) is 24.7. The number of hydrogen-bond acceptors (Lipinski definition) is 5. The van der Waals surface area contributed by atoms with Crippen molar-refractivity contribution >= 4 is 0 Å². The highest BCUT2D eigenvalue weighted by Crippen LogP contribution is 2.39. The van der Waals surface area contributed by atoms with Crippen LogP contribution in [0.1, 0.15) is 22.5 Å². The number of methoxy groups -OCH3 is 1. The van der Waals surface area contributed by atoms with E-state index in [2.05, 4.69) is 74.5 Å². The Bertz CT molecular complexity index is 1160. The quantitative estimate of drug-likeness (QED) is 0.405. The van der Waals surface area contributed by atoms with Crippen LogP contribution in [0.15, 0.2) is 89.5 Å². The predicted molar refractivity (Wildman–Crippen MR) is 119 cm³/mol. The Balaban J connectivity index is 0.000000588.